The van der Waals surface area contributed by atoms with Crippen LogP contribution in [-0.4, -0.2) is 47.0 Å². The molecule has 0 atom stereocenters. The molecule has 3 heterocycles. The van der Waals surface area contributed by atoms with Crippen LogP contribution in [0.3, 0.4) is 0 Å². The van der Waals surface area contributed by atoms with E-state index in [1.54, 1.807) is 6.33 Å². The number of piperidine rings is 2. The Balaban J connectivity index is 1.37. The summed E-state index contributed by atoms with van der Waals surface area (Å²) in [6.45, 7) is 5.77. The average molecular weight is 364 g/mol. The molecule has 4 rings (SSSR count). The fourth-order valence-corrected chi connectivity index (χ4v) is 4.45. The number of hydrogen-bond acceptors (Lipinski definition) is 4. The van der Waals surface area contributed by atoms with Gasteiger partial charge in [0.25, 0.3) is 0 Å². The van der Waals surface area contributed by atoms with Crippen molar-refractivity contribution < 1.29 is 4.79 Å². The molecule has 0 bridgehead atoms. The minimum atomic E-state index is 0.281. The van der Waals surface area contributed by atoms with Crippen LogP contribution in [0.1, 0.15) is 36.9 Å². The molecule has 1 aromatic heterocycles. The van der Waals surface area contributed by atoms with Crippen LogP contribution in [0.4, 0.5) is 5.82 Å². The summed E-state index contributed by atoms with van der Waals surface area (Å²) in [5.74, 6) is 1.36. The van der Waals surface area contributed by atoms with E-state index in [1.807, 2.05) is 13.0 Å². The van der Waals surface area contributed by atoms with Crippen molar-refractivity contribution >= 4 is 11.7 Å². The number of aryl methyl sites for hydroxylation is 1. The largest absolute Gasteiger partial charge is 0.356 e. The lowest BCUT2D eigenvalue weighted by Crippen LogP contribution is -2.52. The summed E-state index contributed by atoms with van der Waals surface area (Å²) >= 11 is 0. The first-order valence-corrected chi connectivity index (χ1v) is 9.99. The van der Waals surface area contributed by atoms with Crippen LogP contribution in [-0.2, 0) is 11.2 Å². The first-order chi connectivity index (χ1) is 13.1. The second-order valence-corrected chi connectivity index (χ2v) is 8.06. The van der Waals surface area contributed by atoms with Gasteiger partial charge >= 0.3 is 0 Å². The Bertz CT molecular complexity index is 784. The molecule has 0 saturated carbocycles. The minimum Gasteiger partial charge on any atom is -0.356 e. The molecular weight excluding hydrogens is 336 g/mol. The zero-order valence-corrected chi connectivity index (χ0v) is 16.1. The highest BCUT2D eigenvalue weighted by molar-refractivity contribution is 5.77. The topological polar surface area (TPSA) is 49.3 Å². The maximum atomic E-state index is 12.5. The molecule has 2 fully saturated rings. The highest BCUT2D eigenvalue weighted by atomic mass is 16.2. The number of hydrogen-bond donors (Lipinski definition) is 0. The number of nitrogens with zero attached hydrogens (tertiary/aromatic N) is 4. The van der Waals surface area contributed by atoms with E-state index in [0.717, 1.165) is 63.4 Å². The zero-order chi connectivity index (χ0) is 18.7. The summed E-state index contributed by atoms with van der Waals surface area (Å²) < 4.78 is 0. The van der Waals surface area contributed by atoms with Gasteiger partial charge in [-0.05, 0) is 43.6 Å². The second-order valence-electron chi connectivity index (χ2n) is 8.06. The number of benzene rings is 1. The van der Waals surface area contributed by atoms with Crippen molar-refractivity contribution in [3.8, 4) is 0 Å². The van der Waals surface area contributed by atoms with Crippen LogP contribution in [0.15, 0.2) is 42.7 Å². The maximum absolute atomic E-state index is 12.5. The van der Waals surface area contributed by atoms with Gasteiger partial charge in [0.15, 0.2) is 0 Å². The van der Waals surface area contributed by atoms with E-state index in [1.165, 1.54) is 5.56 Å². The Hall–Kier alpha value is -2.43. The van der Waals surface area contributed by atoms with Gasteiger partial charge in [-0.25, -0.2) is 9.97 Å². The molecule has 2 aliphatic heterocycles. The zero-order valence-electron chi connectivity index (χ0n) is 16.1. The quantitative estimate of drug-likeness (QED) is 0.836. The van der Waals surface area contributed by atoms with Gasteiger partial charge in [0.2, 0.25) is 5.91 Å². The van der Waals surface area contributed by atoms with Gasteiger partial charge in [0.05, 0.1) is 0 Å². The predicted octanol–water partition coefficient (Wildman–Crippen LogP) is 3.24. The third-order valence-electron chi connectivity index (χ3n) is 6.20. The van der Waals surface area contributed by atoms with Gasteiger partial charge in [-0.15, -0.1) is 0 Å². The molecule has 2 aliphatic rings. The van der Waals surface area contributed by atoms with E-state index in [-0.39, 0.29) is 5.41 Å². The highest BCUT2D eigenvalue weighted by Gasteiger charge is 2.41. The third-order valence-corrected chi connectivity index (χ3v) is 6.20. The Kier molecular flexibility index (Phi) is 5.10. The second kappa shape index (κ2) is 7.67. The summed E-state index contributed by atoms with van der Waals surface area (Å²) in [4.78, 5) is 25.6. The van der Waals surface area contributed by atoms with E-state index in [9.17, 15) is 4.79 Å². The van der Waals surface area contributed by atoms with Gasteiger partial charge < -0.3 is 9.80 Å². The number of anilines is 1. The van der Waals surface area contributed by atoms with Crippen molar-refractivity contribution in [3.05, 3.63) is 54.0 Å². The van der Waals surface area contributed by atoms with Gasteiger partial charge in [0.1, 0.15) is 12.1 Å². The fourth-order valence-electron chi connectivity index (χ4n) is 4.45. The van der Waals surface area contributed by atoms with Crippen molar-refractivity contribution in [2.24, 2.45) is 5.41 Å². The molecule has 1 amide bonds. The van der Waals surface area contributed by atoms with Gasteiger partial charge in [-0.1, -0.05) is 30.3 Å². The van der Waals surface area contributed by atoms with Gasteiger partial charge in [-0.3, -0.25) is 4.79 Å². The Labute approximate surface area is 161 Å². The molecule has 0 N–H and O–H groups in total. The highest BCUT2D eigenvalue weighted by Crippen LogP contribution is 2.41. The molecule has 5 nitrogen and oxygen atoms in total. The normalized spacial score (nSPS) is 19.5. The Morgan fingerprint density at radius 3 is 2.59 bits per heavy atom. The van der Waals surface area contributed by atoms with Crippen LogP contribution in [0.2, 0.25) is 0 Å². The molecule has 0 radical (unpaired) electrons. The molecule has 2 saturated heterocycles. The van der Waals surface area contributed by atoms with E-state index < -0.39 is 0 Å². The summed E-state index contributed by atoms with van der Waals surface area (Å²) in [5, 5.41) is 0. The number of likely N-dealkylation sites (tertiary alicyclic amines) is 1. The molecular formula is C22H28N4O. The number of carbonyl (C=O) groups excluding carboxylic acids is 1. The number of carbonyl (C=O) groups is 1. The minimum absolute atomic E-state index is 0.281. The third kappa shape index (κ3) is 4.12. The standard InChI is InChI=1S/C22H28N4O/c1-18-15-20(24-17-23-18)25-13-10-22(11-14-25)9-7-21(27)26(16-22)12-8-19-5-3-2-4-6-19/h2-6,15,17H,7-14,16H2,1H3. The molecule has 2 aromatic rings. The van der Waals surface area contributed by atoms with Crippen LogP contribution in [0, 0.1) is 12.3 Å². The average Bonchev–Trinajstić information content (AvgIpc) is 2.70. The van der Waals surface area contributed by atoms with E-state index >= 15 is 0 Å². The van der Waals surface area contributed by atoms with E-state index in [0.29, 0.717) is 12.3 Å². The molecule has 0 unspecified atom stereocenters. The van der Waals surface area contributed by atoms with Crippen molar-refractivity contribution in [2.45, 2.75) is 39.0 Å². The molecule has 27 heavy (non-hydrogen) atoms. The number of rotatable bonds is 4. The predicted molar refractivity (Wildman–Crippen MR) is 107 cm³/mol. The Morgan fingerprint density at radius 2 is 1.85 bits per heavy atom. The fraction of sp³-hybridized carbons (Fsp3) is 0.500. The summed E-state index contributed by atoms with van der Waals surface area (Å²) in [6, 6.07) is 12.5. The lowest BCUT2D eigenvalue weighted by molar-refractivity contribution is -0.138. The maximum Gasteiger partial charge on any atom is 0.222 e. The molecule has 142 valence electrons. The van der Waals surface area contributed by atoms with Crippen molar-refractivity contribution in [1.29, 1.82) is 0 Å². The first-order valence-electron chi connectivity index (χ1n) is 9.99. The smallest absolute Gasteiger partial charge is 0.222 e. The van der Waals surface area contributed by atoms with E-state index in [4.69, 9.17) is 0 Å². The lowest BCUT2D eigenvalue weighted by atomic mass is 9.72. The molecule has 0 aliphatic carbocycles. The van der Waals surface area contributed by atoms with Crippen LogP contribution in [0.25, 0.3) is 0 Å². The molecule has 1 aromatic carbocycles. The molecule has 1 spiro atoms. The summed E-state index contributed by atoms with van der Waals surface area (Å²) in [5.41, 5.74) is 2.60. The van der Waals surface area contributed by atoms with Crippen molar-refractivity contribution in [2.75, 3.05) is 31.1 Å². The number of amides is 1. The molecule has 5 heteroatoms. The Morgan fingerprint density at radius 1 is 1.07 bits per heavy atom. The van der Waals surface area contributed by atoms with Crippen LogP contribution < -0.4 is 4.90 Å². The van der Waals surface area contributed by atoms with E-state index in [2.05, 4.69) is 50.1 Å². The lowest BCUT2D eigenvalue weighted by Gasteiger charge is -2.47. The summed E-state index contributed by atoms with van der Waals surface area (Å²) in [6.07, 6.45) is 6.58. The monoisotopic (exact) mass is 364 g/mol. The van der Waals surface area contributed by atoms with Gasteiger partial charge in [-0.2, -0.15) is 0 Å². The first kappa shape index (κ1) is 18.0. The van der Waals surface area contributed by atoms with Crippen molar-refractivity contribution in [1.82, 2.24) is 14.9 Å². The number of aromatic nitrogens is 2. The van der Waals surface area contributed by atoms with Crippen LogP contribution >= 0.6 is 0 Å². The van der Waals surface area contributed by atoms with Gasteiger partial charge in [0, 0.05) is 44.4 Å². The summed E-state index contributed by atoms with van der Waals surface area (Å²) in [7, 11) is 0. The van der Waals surface area contributed by atoms with Crippen molar-refractivity contribution in [3.63, 3.8) is 0 Å². The SMILES string of the molecule is Cc1cc(N2CCC3(CCC(=O)N(CCc4ccccc4)C3)CC2)ncn1. The van der Waals surface area contributed by atoms with Crippen LogP contribution in [0.5, 0.6) is 0 Å².